The fourth-order valence-corrected chi connectivity index (χ4v) is 7.12. The van der Waals surface area contributed by atoms with Gasteiger partial charge in [0, 0.05) is 16.9 Å². The van der Waals surface area contributed by atoms with E-state index in [0.717, 1.165) is 22.3 Å². The van der Waals surface area contributed by atoms with E-state index in [-0.39, 0.29) is 4.90 Å². The minimum Gasteiger partial charge on any atom is -0.493 e. The topological polar surface area (TPSA) is 84.9 Å². The van der Waals surface area contributed by atoms with Crippen molar-refractivity contribution in [3.63, 3.8) is 0 Å². The Bertz CT molecular complexity index is 1300. The van der Waals surface area contributed by atoms with Crippen molar-refractivity contribution in [1.82, 2.24) is 4.72 Å². The van der Waals surface area contributed by atoms with E-state index in [4.69, 9.17) is 9.47 Å². The summed E-state index contributed by atoms with van der Waals surface area (Å²) in [7, 11) is -1.03. The molecule has 6 nitrogen and oxygen atoms in total. The summed E-state index contributed by atoms with van der Waals surface area (Å²) in [5, 5.41) is 11.7. The Kier molecular flexibility index (Phi) is 4.87. The second kappa shape index (κ2) is 7.32. The zero-order chi connectivity index (χ0) is 23.6. The van der Waals surface area contributed by atoms with Gasteiger partial charge in [-0.2, -0.15) is 0 Å². The molecular weight excluding hydrogens is 438 g/mol. The molecule has 0 aliphatic heterocycles. The third-order valence-electron chi connectivity index (χ3n) is 7.57. The molecule has 3 aromatic carbocycles. The largest absolute Gasteiger partial charge is 0.493 e. The van der Waals surface area contributed by atoms with Gasteiger partial charge < -0.3 is 14.6 Å². The van der Waals surface area contributed by atoms with E-state index in [0.29, 0.717) is 11.5 Å². The van der Waals surface area contributed by atoms with E-state index in [1.165, 1.54) is 26.4 Å². The third kappa shape index (κ3) is 2.82. The molecule has 0 aromatic heterocycles. The van der Waals surface area contributed by atoms with Gasteiger partial charge in [-0.25, -0.2) is 13.1 Å². The van der Waals surface area contributed by atoms with Gasteiger partial charge in [0.05, 0.1) is 31.3 Å². The molecule has 0 heterocycles. The van der Waals surface area contributed by atoms with Crippen LogP contribution in [0, 0.1) is 0 Å². The molecule has 2 atom stereocenters. The van der Waals surface area contributed by atoms with Crippen molar-refractivity contribution in [3.05, 3.63) is 89.0 Å². The molecule has 3 aliphatic carbocycles. The monoisotopic (exact) mass is 465 g/mol. The zero-order valence-electron chi connectivity index (χ0n) is 19.0. The van der Waals surface area contributed by atoms with Crippen LogP contribution in [-0.2, 0) is 20.9 Å². The quantitative estimate of drug-likeness (QED) is 0.604. The Morgan fingerprint density at radius 1 is 0.788 bits per heavy atom. The summed E-state index contributed by atoms with van der Waals surface area (Å²) in [6, 6.07) is 19.7. The van der Waals surface area contributed by atoms with Crippen LogP contribution in [0.1, 0.15) is 36.1 Å². The predicted molar refractivity (Wildman–Crippen MR) is 125 cm³/mol. The van der Waals surface area contributed by atoms with E-state index in [1.54, 1.807) is 6.07 Å². The Morgan fingerprint density at radius 2 is 1.27 bits per heavy atom. The van der Waals surface area contributed by atoms with E-state index >= 15 is 0 Å². The average molecular weight is 466 g/mol. The number of aliphatic hydroxyl groups excluding tert-OH is 1. The summed E-state index contributed by atoms with van der Waals surface area (Å²) in [5.41, 5.74) is 2.59. The molecule has 6 rings (SSSR count). The van der Waals surface area contributed by atoms with Gasteiger partial charge in [-0.15, -0.1) is 0 Å². The summed E-state index contributed by atoms with van der Waals surface area (Å²) in [4.78, 5) is 0.0455. The van der Waals surface area contributed by atoms with Gasteiger partial charge in [0.2, 0.25) is 10.0 Å². The summed E-state index contributed by atoms with van der Waals surface area (Å²) in [6.07, 6.45) is -0.970. The highest BCUT2D eigenvalue weighted by Crippen LogP contribution is 2.59. The molecule has 2 unspecified atom stereocenters. The molecule has 2 N–H and O–H groups in total. The highest BCUT2D eigenvalue weighted by atomic mass is 32.2. The lowest BCUT2D eigenvalue weighted by atomic mass is 9.47. The molecular formula is C26H27NO5S. The molecule has 0 saturated carbocycles. The van der Waals surface area contributed by atoms with Crippen LogP contribution in [0.4, 0.5) is 0 Å². The number of rotatable bonds is 5. The van der Waals surface area contributed by atoms with Crippen LogP contribution in [0.25, 0.3) is 0 Å². The zero-order valence-corrected chi connectivity index (χ0v) is 19.8. The summed E-state index contributed by atoms with van der Waals surface area (Å²) in [6.45, 7) is 4.00. The van der Waals surface area contributed by atoms with Crippen LogP contribution in [0.5, 0.6) is 11.5 Å². The molecule has 3 aromatic rings. The number of ether oxygens (including phenoxy) is 2. The fraction of sp³-hybridized carbons (Fsp3) is 0.308. The van der Waals surface area contributed by atoms with E-state index < -0.39 is 33.0 Å². The molecule has 172 valence electrons. The highest BCUT2D eigenvalue weighted by Gasteiger charge is 2.62. The SMILES string of the molecule is COc1ccc(S(=O)(=O)NC2C(O)C3(C)c4ccccc4C2(C)c2ccccc23)cc1OC. The van der Waals surface area contributed by atoms with Gasteiger partial charge in [0.1, 0.15) is 0 Å². The van der Waals surface area contributed by atoms with Crippen LogP contribution in [0.15, 0.2) is 71.6 Å². The van der Waals surface area contributed by atoms with Crippen molar-refractivity contribution >= 4 is 10.0 Å². The standard InChI is InChI=1S/C26H27NO5S/c1-25-17-9-5-7-11-19(17)26(2,20-12-8-6-10-18(20)25)24(28)23(25)27-33(29,30)16-13-14-21(31-3)22(15-16)32-4/h5-15,23-24,27-28H,1-4H3. The first-order valence-corrected chi connectivity index (χ1v) is 12.3. The van der Waals surface area contributed by atoms with Gasteiger partial charge in [-0.05, 0) is 48.2 Å². The van der Waals surface area contributed by atoms with Gasteiger partial charge in [0.25, 0.3) is 0 Å². The first-order chi connectivity index (χ1) is 15.7. The number of methoxy groups -OCH3 is 2. The lowest BCUT2D eigenvalue weighted by Crippen LogP contribution is -2.69. The van der Waals surface area contributed by atoms with Crippen LogP contribution in [0.3, 0.4) is 0 Å². The molecule has 0 amide bonds. The van der Waals surface area contributed by atoms with Crippen molar-refractivity contribution in [3.8, 4) is 11.5 Å². The van der Waals surface area contributed by atoms with E-state index in [2.05, 4.69) is 4.72 Å². The van der Waals surface area contributed by atoms with Gasteiger partial charge in [-0.1, -0.05) is 48.5 Å². The fourth-order valence-electron chi connectivity index (χ4n) is 5.77. The maximum absolute atomic E-state index is 13.5. The van der Waals surface area contributed by atoms with Gasteiger partial charge >= 0.3 is 0 Å². The minimum atomic E-state index is -3.99. The smallest absolute Gasteiger partial charge is 0.241 e. The Morgan fingerprint density at radius 3 is 1.76 bits per heavy atom. The Labute approximate surface area is 194 Å². The maximum atomic E-state index is 13.5. The molecule has 2 bridgehead atoms. The van der Waals surface area contributed by atoms with Crippen LogP contribution in [0.2, 0.25) is 0 Å². The number of hydrogen-bond acceptors (Lipinski definition) is 5. The number of sulfonamides is 1. The third-order valence-corrected chi connectivity index (χ3v) is 9.01. The van der Waals surface area contributed by atoms with Crippen molar-refractivity contribution in [2.45, 2.75) is 41.7 Å². The molecule has 33 heavy (non-hydrogen) atoms. The number of fused-ring (bicyclic) bond motifs is 1. The lowest BCUT2D eigenvalue weighted by Gasteiger charge is -2.59. The number of benzene rings is 3. The molecule has 0 saturated heterocycles. The summed E-state index contributed by atoms with van der Waals surface area (Å²) >= 11 is 0. The van der Waals surface area contributed by atoms with Crippen LogP contribution < -0.4 is 14.2 Å². The second-order valence-corrected chi connectivity index (χ2v) is 10.8. The molecule has 7 heteroatoms. The number of aliphatic hydroxyl groups is 1. The summed E-state index contributed by atoms with van der Waals surface area (Å²) in [5.74, 6) is 0.760. The highest BCUT2D eigenvalue weighted by molar-refractivity contribution is 7.89. The van der Waals surface area contributed by atoms with Crippen LogP contribution >= 0.6 is 0 Å². The average Bonchev–Trinajstić information content (AvgIpc) is 2.84. The second-order valence-electron chi connectivity index (χ2n) is 9.06. The minimum absolute atomic E-state index is 0.0455. The molecule has 3 aliphatic rings. The van der Waals surface area contributed by atoms with Crippen LogP contribution in [-0.4, -0.2) is 39.9 Å². The van der Waals surface area contributed by atoms with E-state index in [9.17, 15) is 13.5 Å². The summed E-state index contributed by atoms with van der Waals surface area (Å²) < 4.78 is 40.5. The first-order valence-electron chi connectivity index (χ1n) is 10.8. The number of hydrogen-bond donors (Lipinski definition) is 2. The van der Waals surface area contributed by atoms with Crippen molar-refractivity contribution in [2.75, 3.05) is 14.2 Å². The molecule has 0 spiro atoms. The van der Waals surface area contributed by atoms with E-state index in [1.807, 2.05) is 62.4 Å². The van der Waals surface area contributed by atoms with Crippen molar-refractivity contribution in [2.24, 2.45) is 0 Å². The van der Waals surface area contributed by atoms with Crippen molar-refractivity contribution in [1.29, 1.82) is 0 Å². The Hall–Kier alpha value is -2.87. The maximum Gasteiger partial charge on any atom is 0.241 e. The lowest BCUT2D eigenvalue weighted by molar-refractivity contribution is 0.0302. The molecule has 0 fully saturated rings. The van der Waals surface area contributed by atoms with Crippen molar-refractivity contribution < 1.29 is 23.0 Å². The number of nitrogens with one attached hydrogen (secondary N) is 1. The normalized spacial score (nSPS) is 27.5. The van der Waals surface area contributed by atoms with Gasteiger partial charge in [0.15, 0.2) is 11.5 Å². The van der Waals surface area contributed by atoms with Gasteiger partial charge in [-0.3, -0.25) is 0 Å². The molecule has 0 radical (unpaired) electrons. The Balaban J connectivity index is 1.67. The predicted octanol–water partition coefficient (Wildman–Crippen LogP) is 3.35. The first kappa shape index (κ1) is 21.9.